The van der Waals surface area contributed by atoms with Crippen molar-refractivity contribution >= 4 is 11.9 Å². The molecule has 17 heavy (non-hydrogen) atoms. The molecule has 0 aliphatic rings. The molecule has 0 aliphatic heterocycles. The van der Waals surface area contributed by atoms with Crippen LogP contribution in [0.5, 0.6) is 0 Å². The van der Waals surface area contributed by atoms with Crippen molar-refractivity contribution in [3.05, 3.63) is 0 Å². The summed E-state index contributed by atoms with van der Waals surface area (Å²) in [6.45, 7) is 6.88. The third-order valence-corrected chi connectivity index (χ3v) is 2.72. The smallest absolute Gasteiger partial charge is 0.303 e. The van der Waals surface area contributed by atoms with E-state index < -0.39 is 5.97 Å². The van der Waals surface area contributed by atoms with Gasteiger partial charge in [0, 0.05) is 19.0 Å². The quantitative estimate of drug-likeness (QED) is 0.565. The molecule has 0 bridgehead atoms. The molecule has 0 saturated heterocycles. The van der Waals surface area contributed by atoms with Gasteiger partial charge in [0.05, 0.1) is 6.54 Å². The van der Waals surface area contributed by atoms with Crippen LogP contribution in [0.4, 0.5) is 0 Å². The van der Waals surface area contributed by atoms with Crippen LogP contribution in [-0.4, -0.2) is 36.1 Å². The van der Waals surface area contributed by atoms with E-state index in [0.29, 0.717) is 25.6 Å². The Morgan fingerprint density at radius 2 is 1.94 bits per heavy atom. The highest BCUT2D eigenvalue weighted by atomic mass is 16.4. The van der Waals surface area contributed by atoms with Crippen LogP contribution in [0.25, 0.3) is 0 Å². The third kappa shape index (κ3) is 9.81. The van der Waals surface area contributed by atoms with Gasteiger partial charge in [-0.3, -0.25) is 9.59 Å². The lowest BCUT2D eigenvalue weighted by Crippen LogP contribution is -2.39. The first-order valence-electron chi connectivity index (χ1n) is 6.17. The predicted octanol–water partition coefficient (Wildman–Crippen LogP) is 0.992. The molecule has 5 nitrogen and oxygen atoms in total. The van der Waals surface area contributed by atoms with Crippen molar-refractivity contribution in [2.75, 3.05) is 13.1 Å². The third-order valence-electron chi connectivity index (χ3n) is 2.72. The zero-order chi connectivity index (χ0) is 13.3. The summed E-state index contributed by atoms with van der Waals surface area (Å²) in [5, 5.41) is 14.4. The second kappa shape index (κ2) is 8.98. The molecular weight excluding hydrogens is 220 g/mol. The maximum atomic E-state index is 11.4. The van der Waals surface area contributed by atoms with E-state index in [-0.39, 0.29) is 18.2 Å². The molecule has 0 rings (SSSR count). The normalized spacial score (nSPS) is 14.1. The Hall–Kier alpha value is -1.10. The molecule has 0 fully saturated rings. The highest BCUT2D eigenvalue weighted by Gasteiger charge is 2.08. The van der Waals surface area contributed by atoms with Gasteiger partial charge in [-0.2, -0.15) is 0 Å². The summed E-state index contributed by atoms with van der Waals surface area (Å²) >= 11 is 0. The summed E-state index contributed by atoms with van der Waals surface area (Å²) in [6, 6.07) is 0.338. The van der Waals surface area contributed by atoms with Gasteiger partial charge in [-0.1, -0.05) is 13.8 Å². The SMILES string of the molecule is CCC(C)NCC(=O)NCC(C)CCC(=O)O. The van der Waals surface area contributed by atoms with Gasteiger partial charge in [-0.05, 0) is 25.7 Å². The number of amides is 1. The molecule has 0 radical (unpaired) electrons. The van der Waals surface area contributed by atoms with E-state index in [9.17, 15) is 9.59 Å². The number of carboxylic acid groups (broad SMARTS) is 1. The van der Waals surface area contributed by atoms with Crippen LogP contribution in [0.1, 0.15) is 40.0 Å². The van der Waals surface area contributed by atoms with E-state index in [4.69, 9.17) is 5.11 Å². The summed E-state index contributed by atoms with van der Waals surface area (Å²) in [6.07, 6.45) is 1.73. The number of hydrogen-bond donors (Lipinski definition) is 3. The van der Waals surface area contributed by atoms with Crippen LogP contribution in [0.3, 0.4) is 0 Å². The fourth-order valence-corrected chi connectivity index (χ4v) is 1.23. The zero-order valence-corrected chi connectivity index (χ0v) is 11.0. The lowest BCUT2D eigenvalue weighted by Gasteiger charge is -2.13. The molecule has 3 N–H and O–H groups in total. The fraction of sp³-hybridized carbons (Fsp3) is 0.833. The Labute approximate surface area is 103 Å². The van der Waals surface area contributed by atoms with Crippen LogP contribution in [0.15, 0.2) is 0 Å². The Balaban J connectivity index is 3.58. The van der Waals surface area contributed by atoms with Crippen LogP contribution in [-0.2, 0) is 9.59 Å². The number of hydrogen-bond acceptors (Lipinski definition) is 3. The van der Waals surface area contributed by atoms with Crippen molar-refractivity contribution in [3.8, 4) is 0 Å². The number of carbonyl (C=O) groups excluding carboxylic acids is 1. The monoisotopic (exact) mass is 244 g/mol. The number of aliphatic carboxylic acids is 1. The summed E-state index contributed by atoms with van der Waals surface area (Å²) in [7, 11) is 0. The van der Waals surface area contributed by atoms with Gasteiger partial charge in [0.2, 0.25) is 5.91 Å². The van der Waals surface area contributed by atoms with Gasteiger partial charge in [0.15, 0.2) is 0 Å². The van der Waals surface area contributed by atoms with Crippen LogP contribution < -0.4 is 10.6 Å². The summed E-state index contributed by atoms with van der Waals surface area (Å²) in [5.74, 6) is -0.632. The Kier molecular flexibility index (Phi) is 8.40. The number of carbonyl (C=O) groups is 2. The minimum Gasteiger partial charge on any atom is -0.481 e. The fourth-order valence-electron chi connectivity index (χ4n) is 1.23. The zero-order valence-electron chi connectivity index (χ0n) is 11.0. The lowest BCUT2D eigenvalue weighted by molar-refractivity contribution is -0.137. The van der Waals surface area contributed by atoms with E-state index in [1.54, 1.807) is 0 Å². The molecule has 0 aromatic heterocycles. The molecule has 1 amide bonds. The molecule has 0 spiro atoms. The molecular formula is C12H24N2O3. The maximum absolute atomic E-state index is 11.4. The number of rotatable bonds is 9. The van der Waals surface area contributed by atoms with Crippen molar-refractivity contribution in [1.82, 2.24) is 10.6 Å². The molecule has 2 atom stereocenters. The van der Waals surface area contributed by atoms with Crippen LogP contribution in [0, 0.1) is 5.92 Å². The molecule has 0 aliphatic carbocycles. The first-order chi connectivity index (χ1) is 7.95. The minimum atomic E-state index is -0.790. The van der Waals surface area contributed by atoms with Crippen LogP contribution in [0.2, 0.25) is 0 Å². The van der Waals surface area contributed by atoms with Crippen LogP contribution >= 0.6 is 0 Å². The Morgan fingerprint density at radius 3 is 2.47 bits per heavy atom. The molecule has 0 saturated carbocycles. The average molecular weight is 244 g/mol. The van der Waals surface area contributed by atoms with E-state index in [1.165, 1.54) is 0 Å². The average Bonchev–Trinajstić information content (AvgIpc) is 2.30. The van der Waals surface area contributed by atoms with Gasteiger partial charge in [-0.15, -0.1) is 0 Å². The Morgan fingerprint density at radius 1 is 1.29 bits per heavy atom. The highest BCUT2D eigenvalue weighted by Crippen LogP contribution is 2.03. The molecule has 0 heterocycles. The van der Waals surface area contributed by atoms with E-state index >= 15 is 0 Å². The number of carboxylic acids is 1. The van der Waals surface area contributed by atoms with Gasteiger partial charge in [-0.25, -0.2) is 0 Å². The summed E-state index contributed by atoms with van der Waals surface area (Å²) in [4.78, 5) is 21.8. The van der Waals surface area contributed by atoms with Gasteiger partial charge in [0.1, 0.15) is 0 Å². The largest absolute Gasteiger partial charge is 0.481 e. The predicted molar refractivity (Wildman–Crippen MR) is 66.8 cm³/mol. The van der Waals surface area contributed by atoms with E-state index in [1.807, 2.05) is 13.8 Å². The van der Waals surface area contributed by atoms with Gasteiger partial charge in [0.25, 0.3) is 0 Å². The molecule has 0 aromatic rings. The van der Waals surface area contributed by atoms with Crippen molar-refractivity contribution in [2.24, 2.45) is 5.92 Å². The molecule has 5 heteroatoms. The standard InChI is InChI=1S/C12H24N2O3/c1-4-10(3)13-8-11(15)14-7-9(2)5-6-12(16)17/h9-10,13H,4-8H2,1-3H3,(H,14,15)(H,16,17). The molecule has 0 aromatic carbocycles. The topological polar surface area (TPSA) is 78.4 Å². The van der Waals surface area contributed by atoms with Crippen molar-refractivity contribution in [2.45, 2.75) is 46.1 Å². The van der Waals surface area contributed by atoms with Crippen molar-refractivity contribution in [3.63, 3.8) is 0 Å². The molecule has 100 valence electrons. The highest BCUT2D eigenvalue weighted by molar-refractivity contribution is 5.78. The summed E-state index contributed by atoms with van der Waals surface area (Å²) in [5.41, 5.74) is 0. The van der Waals surface area contributed by atoms with Crippen molar-refractivity contribution < 1.29 is 14.7 Å². The Bertz CT molecular complexity index is 244. The van der Waals surface area contributed by atoms with Gasteiger partial charge >= 0.3 is 5.97 Å². The maximum Gasteiger partial charge on any atom is 0.303 e. The summed E-state index contributed by atoms with van der Waals surface area (Å²) < 4.78 is 0. The van der Waals surface area contributed by atoms with Gasteiger partial charge < -0.3 is 15.7 Å². The second-order valence-corrected chi connectivity index (χ2v) is 4.53. The van der Waals surface area contributed by atoms with E-state index in [2.05, 4.69) is 17.6 Å². The van der Waals surface area contributed by atoms with E-state index in [0.717, 1.165) is 6.42 Å². The second-order valence-electron chi connectivity index (χ2n) is 4.53. The van der Waals surface area contributed by atoms with Crippen molar-refractivity contribution in [1.29, 1.82) is 0 Å². The molecule has 2 unspecified atom stereocenters. The first-order valence-corrected chi connectivity index (χ1v) is 6.17. The first kappa shape index (κ1) is 15.9. The number of nitrogens with one attached hydrogen (secondary N) is 2. The minimum absolute atomic E-state index is 0.0347. The lowest BCUT2D eigenvalue weighted by atomic mass is 10.1.